The molecule has 1 amide bonds. The maximum atomic E-state index is 13.5. The molecule has 3 atom stereocenters. The molecule has 1 saturated heterocycles. The van der Waals surface area contributed by atoms with E-state index in [1.54, 1.807) is 37.3 Å². The fourth-order valence-electron chi connectivity index (χ4n) is 4.23. The van der Waals surface area contributed by atoms with Crippen LogP contribution in [0.1, 0.15) is 51.2 Å². The van der Waals surface area contributed by atoms with Gasteiger partial charge in [-0.2, -0.15) is 0 Å². The van der Waals surface area contributed by atoms with Crippen molar-refractivity contribution in [2.75, 3.05) is 0 Å². The lowest BCUT2D eigenvalue weighted by Crippen LogP contribution is -2.63. The molecule has 0 aromatic heterocycles. The quantitative estimate of drug-likeness (QED) is 0.770. The number of carbonyl (C=O) groups excluding carboxylic acids is 1. The number of hydrogen-bond donors (Lipinski definition) is 1. The van der Waals surface area contributed by atoms with Gasteiger partial charge in [-0.3, -0.25) is 4.79 Å². The molecular weight excluding hydrogens is 410 g/mol. The zero-order valence-corrected chi connectivity index (χ0v) is 18.4. The smallest absolute Gasteiger partial charge is 0.242 e. The Balaban J connectivity index is 1.80. The van der Waals surface area contributed by atoms with Crippen LogP contribution in [0.15, 0.2) is 47.4 Å². The van der Waals surface area contributed by atoms with Crippen LogP contribution in [0, 0.1) is 0 Å². The number of fused-ring (bicyclic) bond motifs is 4. The summed E-state index contributed by atoms with van der Waals surface area (Å²) < 4.78 is 33.0. The molecule has 154 valence electrons. The third kappa shape index (κ3) is 3.42. The average molecular weight is 434 g/mol. The summed E-state index contributed by atoms with van der Waals surface area (Å²) in [6, 6.07) is 11.9. The van der Waals surface area contributed by atoms with E-state index in [0.29, 0.717) is 22.8 Å². The number of rotatable bonds is 2. The van der Waals surface area contributed by atoms with Crippen molar-refractivity contribution >= 4 is 27.3 Å². The average Bonchev–Trinajstić information content (AvgIpc) is 2.61. The van der Waals surface area contributed by atoms with Gasteiger partial charge in [0.1, 0.15) is 5.75 Å². The molecule has 7 heteroatoms. The van der Waals surface area contributed by atoms with E-state index in [2.05, 4.69) is 26.1 Å². The van der Waals surface area contributed by atoms with Crippen molar-refractivity contribution in [1.82, 2.24) is 5.32 Å². The molecule has 0 saturated carbocycles. The van der Waals surface area contributed by atoms with E-state index in [1.165, 1.54) is 0 Å². The molecule has 2 aliphatic heterocycles. The van der Waals surface area contributed by atoms with Crippen LogP contribution in [-0.2, 0) is 20.0 Å². The number of nitrogens with one attached hydrogen (secondary N) is 1. The summed E-state index contributed by atoms with van der Waals surface area (Å²) in [7, 11) is -3.92. The second-order valence-corrected chi connectivity index (χ2v) is 11.6. The Morgan fingerprint density at radius 2 is 1.79 bits per heavy atom. The summed E-state index contributed by atoms with van der Waals surface area (Å²) >= 11 is 6.16. The first-order chi connectivity index (χ1) is 13.4. The van der Waals surface area contributed by atoms with Crippen LogP contribution in [0.25, 0.3) is 0 Å². The van der Waals surface area contributed by atoms with Gasteiger partial charge < -0.3 is 10.1 Å². The Labute approximate surface area is 176 Å². The number of amides is 1. The lowest BCUT2D eigenvalue weighted by molar-refractivity contribution is -0.132. The molecule has 5 nitrogen and oxygen atoms in total. The molecule has 29 heavy (non-hydrogen) atoms. The van der Waals surface area contributed by atoms with Crippen LogP contribution in [0.4, 0.5) is 0 Å². The summed E-state index contributed by atoms with van der Waals surface area (Å²) in [4.78, 5) is 13.1. The molecule has 2 aromatic rings. The normalized spacial score (nSPS) is 26.3. The molecule has 0 aliphatic carbocycles. The predicted octanol–water partition coefficient (Wildman–Crippen LogP) is 4.19. The van der Waals surface area contributed by atoms with Crippen molar-refractivity contribution in [3.63, 3.8) is 0 Å². The molecule has 0 radical (unpaired) electrons. The summed E-state index contributed by atoms with van der Waals surface area (Å²) in [5.74, 6) is -0.533. The molecular formula is C22H24ClNO4S. The third-order valence-electron chi connectivity index (χ3n) is 5.71. The van der Waals surface area contributed by atoms with E-state index >= 15 is 0 Å². The van der Waals surface area contributed by atoms with Crippen molar-refractivity contribution in [2.45, 2.75) is 61.3 Å². The topological polar surface area (TPSA) is 72.5 Å². The summed E-state index contributed by atoms with van der Waals surface area (Å²) in [5.41, 5.74) is 0.651. The minimum atomic E-state index is -3.92. The molecule has 1 N–H and O–H groups in total. The van der Waals surface area contributed by atoms with Gasteiger partial charge in [-0.25, -0.2) is 8.42 Å². The minimum absolute atomic E-state index is 0.0945. The number of piperidine rings is 1. The zero-order valence-electron chi connectivity index (χ0n) is 16.8. The van der Waals surface area contributed by atoms with Gasteiger partial charge in [0.25, 0.3) is 0 Å². The third-order valence-corrected chi connectivity index (χ3v) is 8.09. The predicted molar refractivity (Wildman–Crippen MR) is 112 cm³/mol. The van der Waals surface area contributed by atoms with Gasteiger partial charge >= 0.3 is 0 Å². The molecule has 0 spiro atoms. The van der Waals surface area contributed by atoms with Gasteiger partial charge in [0, 0.05) is 22.9 Å². The number of sulfone groups is 1. The highest BCUT2D eigenvalue weighted by Crippen LogP contribution is 2.47. The van der Waals surface area contributed by atoms with Gasteiger partial charge in [-0.15, -0.1) is 0 Å². The van der Waals surface area contributed by atoms with Gasteiger partial charge in [-0.1, -0.05) is 44.5 Å². The molecule has 1 fully saturated rings. The van der Waals surface area contributed by atoms with Crippen LogP contribution in [-0.4, -0.2) is 25.3 Å². The van der Waals surface area contributed by atoms with E-state index < -0.39 is 32.6 Å². The summed E-state index contributed by atoms with van der Waals surface area (Å²) in [6.07, 6.45) is 0.357. The standard InChI is InChI=1S/C22H24ClNO4S/c1-21(2,3)13-5-8-15(9-6-13)29(26,27)19-17-12-22(4,24-20(19)25)28-18-10-7-14(23)11-16(17)18/h5-11,17,19H,12H2,1-4H3,(H,24,25)/t17-,19-,22-/m0/s1. The second kappa shape index (κ2) is 6.47. The molecule has 2 bridgehead atoms. The summed E-state index contributed by atoms with van der Waals surface area (Å²) in [6.45, 7) is 7.95. The first-order valence-electron chi connectivity index (χ1n) is 9.56. The van der Waals surface area contributed by atoms with E-state index in [4.69, 9.17) is 16.3 Å². The van der Waals surface area contributed by atoms with Crippen molar-refractivity contribution in [3.05, 3.63) is 58.6 Å². The van der Waals surface area contributed by atoms with Crippen molar-refractivity contribution in [2.24, 2.45) is 0 Å². The lowest BCUT2D eigenvalue weighted by Gasteiger charge is -2.46. The number of hydrogen-bond acceptors (Lipinski definition) is 4. The fraction of sp³-hybridized carbons (Fsp3) is 0.409. The highest BCUT2D eigenvalue weighted by Gasteiger charge is 2.54. The minimum Gasteiger partial charge on any atom is -0.468 e. The van der Waals surface area contributed by atoms with Gasteiger partial charge in [0.15, 0.2) is 20.8 Å². The van der Waals surface area contributed by atoms with Crippen LogP contribution in [0.5, 0.6) is 5.75 Å². The molecule has 0 unspecified atom stereocenters. The summed E-state index contributed by atoms with van der Waals surface area (Å²) in [5, 5.41) is 2.01. The van der Waals surface area contributed by atoms with E-state index in [-0.39, 0.29) is 10.3 Å². The SMILES string of the molecule is CC(C)(C)c1ccc(S(=O)(=O)[C@@H]2C(=O)N[C@]3(C)C[C@H]2c2cc(Cl)ccc2O3)cc1. The molecule has 2 heterocycles. The Morgan fingerprint density at radius 3 is 2.41 bits per heavy atom. The fourth-order valence-corrected chi connectivity index (χ4v) is 6.23. The maximum absolute atomic E-state index is 13.5. The number of benzene rings is 2. The van der Waals surface area contributed by atoms with E-state index in [1.807, 2.05) is 12.1 Å². The number of halogens is 1. The Hall–Kier alpha value is -2.05. The largest absolute Gasteiger partial charge is 0.468 e. The first kappa shape index (κ1) is 20.2. The van der Waals surface area contributed by atoms with Crippen LogP contribution in [0.3, 0.4) is 0 Å². The van der Waals surface area contributed by atoms with Gasteiger partial charge in [0.05, 0.1) is 4.90 Å². The zero-order chi connectivity index (χ0) is 21.2. The van der Waals surface area contributed by atoms with Crippen molar-refractivity contribution in [1.29, 1.82) is 0 Å². The second-order valence-electron chi connectivity index (χ2n) is 9.05. The van der Waals surface area contributed by atoms with Crippen LogP contribution in [0.2, 0.25) is 5.02 Å². The Bertz CT molecular complexity index is 1090. The first-order valence-corrected chi connectivity index (χ1v) is 11.5. The molecule has 4 rings (SSSR count). The molecule has 2 aliphatic rings. The Morgan fingerprint density at radius 1 is 1.14 bits per heavy atom. The van der Waals surface area contributed by atoms with Gasteiger partial charge in [-0.05, 0) is 48.2 Å². The molecule has 2 aromatic carbocycles. The number of carbonyl (C=O) groups is 1. The Kier molecular flexibility index (Phi) is 4.52. The monoisotopic (exact) mass is 433 g/mol. The van der Waals surface area contributed by atoms with Crippen molar-refractivity contribution in [3.8, 4) is 5.75 Å². The highest BCUT2D eigenvalue weighted by molar-refractivity contribution is 7.92. The van der Waals surface area contributed by atoms with Crippen LogP contribution < -0.4 is 10.1 Å². The lowest BCUT2D eigenvalue weighted by atomic mass is 9.81. The van der Waals surface area contributed by atoms with E-state index in [9.17, 15) is 13.2 Å². The van der Waals surface area contributed by atoms with Crippen molar-refractivity contribution < 1.29 is 17.9 Å². The number of ether oxygens (including phenoxy) is 1. The van der Waals surface area contributed by atoms with Crippen LogP contribution >= 0.6 is 11.6 Å². The maximum Gasteiger partial charge on any atom is 0.242 e. The van der Waals surface area contributed by atoms with E-state index in [0.717, 1.165) is 5.56 Å². The van der Waals surface area contributed by atoms with Gasteiger partial charge in [0.2, 0.25) is 5.91 Å². The highest BCUT2D eigenvalue weighted by atomic mass is 35.5.